The van der Waals surface area contributed by atoms with E-state index >= 15 is 0 Å². The van der Waals surface area contributed by atoms with Crippen molar-refractivity contribution in [3.05, 3.63) is 28.7 Å². The second-order valence-electron chi connectivity index (χ2n) is 4.97. The second-order valence-corrected chi connectivity index (χ2v) is 6.07. The Hall–Kier alpha value is -1.62. The number of carbonyl (C=O) groups excluding carboxylic acids is 2. The molecule has 0 spiro atoms. The van der Waals surface area contributed by atoms with Gasteiger partial charge in [-0.05, 0) is 43.7 Å². The first kappa shape index (κ1) is 14.8. The molecule has 4 nitrogen and oxygen atoms in total. The number of rotatable bonds is 4. The molecule has 108 valence electrons. The predicted octanol–water partition coefficient (Wildman–Crippen LogP) is 3.17. The molecule has 1 aromatic heterocycles. The summed E-state index contributed by atoms with van der Waals surface area (Å²) in [4.78, 5) is 24.9. The van der Waals surface area contributed by atoms with Gasteiger partial charge in [-0.25, -0.2) is 4.79 Å². The van der Waals surface area contributed by atoms with Crippen LogP contribution in [0.4, 0.5) is 5.00 Å². The maximum absolute atomic E-state index is 12.2. The van der Waals surface area contributed by atoms with Crippen molar-refractivity contribution in [1.82, 2.24) is 0 Å². The Labute approximate surface area is 122 Å². The van der Waals surface area contributed by atoms with Crippen LogP contribution in [0.25, 0.3) is 0 Å². The number of amides is 1. The molecule has 0 aromatic carbocycles. The van der Waals surface area contributed by atoms with Gasteiger partial charge < -0.3 is 10.1 Å². The molecule has 0 radical (unpaired) electrons. The van der Waals surface area contributed by atoms with Gasteiger partial charge in [0.2, 0.25) is 5.91 Å². The van der Waals surface area contributed by atoms with Gasteiger partial charge in [0.05, 0.1) is 12.2 Å². The lowest BCUT2D eigenvalue weighted by molar-refractivity contribution is -0.111. The third kappa shape index (κ3) is 2.93. The predicted molar refractivity (Wildman–Crippen MR) is 80.3 cm³/mol. The van der Waals surface area contributed by atoms with E-state index in [1.54, 1.807) is 6.92 Å². The number of hydrogen-bond donors (Lipinski definition) is 1. The molecule has 1 atom stereocenters. The summed E-state index contributed by atoms with van der Waals surface area (Å²) in [6.45, 7) is 7.75. The smallest absolute Gasteiger partial charge is 0.341 e. The van der Waals surface area contributed by atoms with Crippen molar-refractivity contribution in [1.29, 1.82) is 0 Å². The first-order valence-electron chi connectivity index (χ1n) is 6.81. The Morgan fingerprint density at radius 1 is 1.55 bits per heavy atom. The molecule has 20 heavy (non-hydrogen) atoms. The summed E-state index contributed by atoms with van der Waals surface area (Å²) >= 11 is 1.48. The average Bonchev–Trinajstić information content (AvgIpc) is 2.75. The van der Waals surface area contributed by atoms with E-state index in [1.807, 2.05) is 0 Å². The highest BCUT2D eigenvalue weighted by molar-refractivity contribution is 7.17. The molecular formula is C15H19NO3S. The monoisotopic (exact) mass is 293 g/mol. The van der Waals surface area contributed by atoms with E-state index < -0.39 is 0 Å². The fourth-order valence-corrected chi connectivity index (χ4v) is 3.82. The van der Waals surface area contributed by atoms with Crippen LogP contribution >= 0.6 is 11.3 Å². The minimum atomic E-state index is -0.348. The van der Waals surface area contributed by atoms with Gasteiger partial charge in [0.1, 0.15) is 5.00 Å². The van der Waals surface area contributed by atoms with Crippen molar-refractivity contribution in [2.24, 2.45) is 5.92 Å². The molecule has 1 aliphatic rings. The summed E-state index contributed by atoms with van der Waals surface area (Å²) in [5.41, 5.74) is 1.58. The van der Waals surface area contributed by atoms with Gasteiger partial charge in [0, 0.05) is 4.88 Å². The zero-order valence-corrected chi connectivity index (χ0v) is 12.6. The topological polar surface area (TPSA) is 55.4 Å². The zero-order valence-electron chi connectivity index (χ0n) is 11.8. The van der Waals surface area contributed by atoms with Crippen molar-refractivity contribution < 1.29 is 14.3 Å². The second kappa shape index (κ2) is 6.22. The molecule has 1 heterocycles. The maximum atomic E-state index is 12.2. The lowest BCUT2D eigenvalue weighted by Crippen LogP contribution is -2.15. The number of carbonyl (C=O) groups is 2. The van der Waals surface area contributed by atoms with E-state index in [9.17, 15) is 9.59 Å². The number of hydrogen-bond acceptors (Lipinski definition) is 4. The number of nitrogens with one attached hydrogen (secondary N) is 1. The lowest BCUT2D eigenvalue weighted by Gasteiger charge is -2.18. The summed E-state index contributed by atoms with van der Waals surface area (Å²) in [5.74, 6) is -0.0414. The quantitative estimate of drug-likeness (QED) is 0.685. The van der Waals surface area contributed by atoms with Gasteiger partial charge in [-0.2, -0.15) is 0 Å². The first-order valence-corrected chi connectivity index (χ1v) is 7.63. The molecule has 0 bridgehead atoms. The fourth-order valence-electron chi connectivity index (χ4n) is 2.42. The first-order chi connectivity index (χ1) is 9.56. The van der Waals surface area contributed by atoms with E-state index in [0.717, 1.165) is 24.8 Å². The zero-order chi connectivity index (χ0) is 14.7. The fraction of sp³-hybridized carbons (Fsp3) is 0.467. The Kier molecular flexibility index (Phi) is 4.60. The van der Waals surface area contributed by atoms with Crippen LogP contribution in [0.1, 0.15) is 41.1 Å². The van der Waals surface area contributed by atoms with Crippen LogP contribution in [0, 0.1) is 5.92 Å². The highest BCUT2D eigenvalue weighted by Gasteiger charge is 2.28. The van der Waals surface area contributed by atoms with Crippen LogP contribution in [0.15, 0.2) is 12.7 Å². The largest absolute Gasteiger partial charge is 0.462 e. The van der Waals surface area contributed by atoms with Crippen LogP contribution in [0.5, 0.6) is 0 Å². The molecule has 0 saturated heterocycles. The third-order valence-corrected chi connectivity index (χ3v) is 4.58. The Bertz CT molecular complexity index is 548. The molecule has 1 aromatic rings. The van der Waals surface area contributed by atoms with E-state index in [4.69, 9.17) is 4.74 Å². The lowest BCUT2D eigenvalue weighted by atomic mass is 9.88. The number of ether oxygens (including phenoxy) is 1. The Morgan fingerprint density at radius 2 is 2.30 bits per heavy atom. The maximum Gasteiger partial charge on any atom is 0.341 e. The van der Waals surface area contributed by atoms with Gasteiger partial charge in [0.25, 0.3) is 0 Å². The standard InChI is InChI=1S/C15H19NO3S/c1-4-12(17)16-14-13(15(18)19-5-2)10-7-6-9(3)8-11(10)20-14/h4,9H,1,5-8H2,2-3H3,(H,16,17). The highest BCUT2D eigenvalue weighted by atomic mass is 32.1. The van der Waals surface area contributed by atoms with Crippen molar-refractivity contribution in [2.75, 3.05) is 11.9 Å². The van der Waals surface area contributed by atoms with Crippen molar-refractivity contribution in [3.8, 4) is 0 Å². The molecule has 0 fully saturated rings. The van der Waals surface area contributed by atoms with Crippen molar-refractivity contribution in [2.45, 2.75) is 33.1 Å². The van der Waals surface area contributed by atoms with Crippen molar-refractivity contribution >= 4 is 28.2 Å². The molecule has 1 amide bonds. The molecule has 5 heteroatoms. The third-order valence-electron chi connectivity index (χ3n) is 3.41. The molecule has 1 aliphatic carbocycles. The normalized spacial score (nSPS) is 17.2. The minimum Gasteiger partial charge on any atom is -0.462 e. The molecule has 0 saturated carbocycles. The van der Waals surface area contributed by atoms with Gasteiger partial charge in [-0.3, -0.25) is 4.79 Å². The minimum absolute atomic E-state index is 0.304. The van der Waals surface area contributed by atoms with Gasteiger partial charge in [-0.15, -0.1) is 11.3 Å². The number of esters is 1. The van der Waals surface area contributed by atoms with Crippen molar-refractivity contribution in [3.63, 3.8) is 0 Å². The van der Waals surface area contributed by atoms with E-state index in [2.05, 4.69) is 18.8 Å². The number of fused-ring (bicyclic) bond motifs is 1. The summed E-state index contributed by atoms with van der Waals surface area (Å²) in [6, 6.07) is 0. The van der Waals surface area contributed by atoms with E-state index in [-0.39, 0.29) is 11.9 Å². The van der Waals surface area contributed by atoms with Gasteiger partial charge in [0.15, 0.2) is 0 Å². The SMILES string of the molecule is C=CC(=O)Nc1sc2c(c1C(=O)OCC)CCC(C)C2. The van der Waals surface area contributed by atoms with Crippen LogP contribution in [-0.2, 0) is 22.4 Å². The Balaban J connectivity index is 2.41. The number of thiophene rings is 1. The van der Waals surface area contributed by atoms with Crippen LogP contribution in [0.2, 0.25) is 0 Å². The summed E-state index contributed by atoms with van der Waals surface area (Å²) < 4.78 is 5.13. The Morgan fingerprint density at radius 3 is 2.95 bits per heavy atom. The number of anilines is 1. The molecule has 0 aliphatic heterocycles. The molecular weight excluding hydrogens is 274 g/mol. The van der Waals surface area contributed by atoms with Crippen LogP contribution in [0.3, 0.4) is 0 Å². The van der Waals surface area contributed by atoms with E-state index in [1.165, 1.54) is 22.3 Å². The van der Waals surface area contributed by atoms with Crippen LogP contribution < -0.4 is 5.32 Å². The molecule has 1 unspecified atom stereocenters. The summed E-state index contributed by atoms with van der Waals surface area (Å²) in [5, 5.41) is 3.32. The van der Waals surface area contributed by atoms with E-state index in [0.29, 0.717) is 23.1 Å². The molecule has 1 N–H and O–H groups in total. The summed E-state index contributed by atoms with van der Waals surface area (Å²) in [6.07, 6.45) is 4.09. The highest BCUT2D eigenvalue weighted by Crippen LogP contribution is 2.40. The van der Waals surface area contributed by atoms with Crippen LogP contribution in [-0.4, -0.2) is 18.5 Å². The average molecular weight is 293 g/mol. The summed E-state index contributed by atoms with van der Waals surface area (Å²) in [7, 11) is 0. The van der Waals surface area contributed by atoms with Gasteiger partial charge in [-0.1, -0.05) is 13.5 Å². The van der Waals surface area contributed by atoms with Gasteiger partial charge >= 0.3 is 5.97 Å². The molecule has 2 rings (SSSR count).